The standard InChI is InChI=1S/C15H15N3O3/c1-9(19)14(16)13-3-2-10(7-18-13)4-11-5-12(15(20)21)8-17-6-11/h2-3,5-8,14H,4,16H2,1H3,(H,20,21). The summed E-state index contributed by atoms with van der Waals surface area (Å²) in [4.78, 5) is 30.2. The van der Waals surface area contributed by atoms with Crippen LogP contribution < -0.4 is 5.73 Å². The lowest BCUT2D eigenvalue weighted by Gasteiger charge is -2.08. The Bertz CT molecular complexity index is 668. The van der Waals surface area contributed by atoms with Gasteiger partial charge in [0.15, 0.2) is 5.78 Å². The van der Waals surface area contributed by atoms with Crippen molar-refractivity contribution in [1.29, 1.82) is 0 Å². The number of ketones is 1. The van der Waals surface area contributed by atoms with Crippen molar-refractivity contribution in [3.8, 4) is 0 Å². The van der Waals surface area contributed by atoms with Crippen LogP contribution in [0, 0.1) is 0 Å². The molecule has 0 aliphatic rings. The molecule has 0 bridgehead atoms. The van der Waals surface area contributed by atoms with Crippen molar-refractivity contribution in [2.75, 3.05) is 0 Å². The third-order valence-electron chi connectivity index (χ3n) is 3.05. The highest BCUT2D eigenvalue weighted by Gasteiger charge is 2.12. The van der Waals surface area contributed by atoms with Crippen LogP contribution in [0.25, 0.3) is 0 Å². The maximum absolute atomic E-state index is 11.2. The number of pyridine rings is 2. The van der Waals surface area contributed by atoms with Crippen molar-refractivity contribution in [2.24, 2.45) is 5.73 Å². The second kappa shape index (κ2) is 6.23. The fourth-order valence-corrected chi connectivity index (χ4v) is 1.87. The van der Waals surface area contributed by atoms with E-state index in [4.69, 9.17) is 10.8 Å². The Kier molecular flexibility index (Phi) is 4.39. The Hall–Kier alpha value is -2.60. The predicted molar refractivity (Wildman–Crippen MR) is 75.8 cm³/mol. The van der Waals surface area contributed by atoms with Crippen molar-refractivity contribution < 1.29 is 14.7 Å². The maximum Gasteiger partial charge on any atom is 0.337 e. The van der Waals surface area contributed by atoms with E-state index in [0.29, 0.717) is 12.1 Å². The Morgan fingerprint density at radius 3 is 2.57 bits per heavy atom. The van der Waals surface area contributed by atoms with E-state index in [0.717, 1.165) is 11.1 Å². The van der Waals surface area contributed by atoms with Gasteiger partial charge in [-0.25, -0.2) is 4.79 Å². The monoisotopic (exact) mass is 285 g/mol. The number of nitrogens with zero attached hydrogens (tertiary/aromatic N) is 2. The van der Waals surface area contributed by atoms with Gasteiger partial charge in [-0.15, -0.1) is 0 Å². The van der Waals surface area contributed by atoms with E-state index >= 15 is 0 Å². The smallest absolute Gasteiger partial charge is 0.337 e. The normalized spacial score (nSPS) is 11.9. The predicted octanol–water partition coefficient (Wildman–Crippen LogP) is 1.35. The second-order valence-corrected chi connectivity index (χ2v) is 4.74. The molecule has 2 rings (SSSR count). The lowest BCUT2D eigenvalue weighted by molar-refractivity contribution is -0.118. The first kappa shape index (κ1) is 14.8. The van der Waals surface area contributed by atoms with Crippen molar-refractivity contribution in [2.45, 2.75) is 19.4 Å². The molecule has 0 spiro atoms. The molecule has 0 aromatic carbocycles. The van der Waals surface area contributed by atoms with Crippen LogP contribution >= 0.6 is 0 Å². The first-order valence-corrected chi connectivity index (χ1v) is 6.35. The fourth-order valence-electron chi connectivity index (χ4n) is 1.87. The number of carboxylic acid groups (broad SMARTS) is 1. The van der Waals surface area contributed by atoms with E-state index in [1.807, 2.05) is 6.07 Å². The average molecular weight is 285 g/mol. The number of aromatic nitrogens is 2. The highest BCUT2D eigenvalue weighted by atomic mass is 16.4. The summed E-state index contributed by atoms with van der Waals surface area (Å²) >= 11 is 0. The largest absolute Gasteiger partial charge is 0.478 e. The van der Waals surface area contributed by atoms with Crippen molar-refractivity contribution in [1.82, 2.24) is 9.97 Å². The van der Waals surface area contributed by atoms with Gasteiger partial charge in [0, 0.05) is 25.0 Å². The summed E-state index contributed by atoms with van der Waals surface area (Å²) in [5.41, 5.74) is 8.04. The van der Waals surface area contributed by atoms with Gasteiger partial charge in [0.05, 0.1) is 11.3 Å². The first-order valence-electron chi connectivity index (χ1n) is 6.35. The number of nitrogens with two attached hydrogens (primary N) is 1. The van der Waals surface area contributed by atoms with Gasteiger partial charge >= 0.3 is 5.97 Å². The Morgan fingerprint density at radius 2 is 2.00 bits per heavy atom. The zero-order valence-corrected chi connectivity index (χ0v) is 11.5. The third-order valence-corrected chi connectivity index (χ3v) is 3.05. The minimum Gasteiger partial charge on any atom is -0.478 e. The molecule has 108 valence electrons. The fraction of sp³-hybridized carbons (Fsp3) is 0.200. The van der Waals surface area contributed by atoms with E-state index in [9.17, 15) is 9.59 Å². The zero-order chi connectivity index (χ0) is 15.4. The summed E-state index contributed by atoms with van der Waals surface area (Å²) in [6.45, 7) is 1.42. The molecule has 3 N–H and O–H groups in total. The van der Waals surface area contributed by atoms with Gasteiger partial charge in [0.25, 0.3) is 0 Å². The molecule has 1 unspecified atom stereocenters. The summed E-state index contributed by atoms with van der Waals surface area (Å²) in [5, 5.41) is 8.93. The minimum absolute atomic E-state index is 0.145. The van der Waals surface area contributed by atoms with Crippen LogP contribution in [-0.4, -0.2) is 26.8 Å². The molecular weight excluding hydrogens is 270 g/mol. The molecule has 0 saturated heterocycles. The third kappa shape index (κ3) is 3.70. The summed E-state index contributed by atoms with van der Waals surface area (Å²) in [7, 11) is 0. The number of aromatic carboxylic acids is 1. The second-order valence-electron chi connectivity index (χ2n) is 4.74. The molecule has 0 aliphatic heterocycles. The van der Waals surface area contributed by atoms with Crippen LogP contribution in [0.5, 0.6) is 0 Å². The van der Waals surface area contributed by atoms with Gasteiger partial charge in [-0.2, -0.15) is 0 Å². The molecule has 0 fully saturated rings. The minimum atomic E-state index is -1.01. The van der Waals surface area contributed by atoms with Crippen molar-refractivity contribution in [3.63, 3.8) is 0 Å². The SMILES string of the molecule is CC(=O)C(N)c1ccc(Cc2cncc(C(=O)O)c2)cn1. The van der Waals surface area contributed by atoms with Gasteiger partial charge in [0.1, 0.15) is 6.04 Å². The Balaban J connectivity index is 2.15. The zero-order valence-electron chi connectivity index (χ0n) is 11.5. The van der Waals surface area contributed by atoms with E-state index in [-0.39, 0.29) is 11.3 Å². The highest BCUT2D eigenvalue weighted by molar-refractivity contribution is 5.87. The van der Waals surface area contributed by atoms with Gasteiger partial charge in [0.2, 0.25) is 0 Å². The lowest BCUT2D eigenvalue weighted by atomic mass is 10.0. The summed E-state index contributed by atoms with van der Waals surface area (Å²) < 4.78 is 0. The average Bonchev–Trinajstić information content (AvgIpc) is 2.47. The van der Waals surface area contributed by atoms with E-state index in [2.05, 4.69) is 9.97 Å². The van der Waals surface area contributed by atoms with Crippen molar-refractivity contribution in [3.05, 3.63) is 59.2 Å². The molecule has 1 atom stereocenters. The van der Waals surface area contributed by atoms with E-state index in [1.54, 1.807) is 24.5 Å². The number of Topliss-reactive ketones (excluding diaryl/α,β-unsaturated/α-hetero) is 1. The van der Waals surface area contributed by atoms with Gasteiger partial charge in [-0.05, 0) is 30.2 Å². The lowest BCUT2D eigenvalue weighted by Crippen LogP contribution is -2.19. The molecule has 6 nitrogen and oxygen atoms in total. The number of carboxylic acids is 1. The van der Waals surface area contributed by atoms with Crippen LogP contribution in [0.1, 0.15) is 40.1 Å². The molecule has 6 heteroatoms. The molecule has 0 radical (unpaired) electrons. The van der Waals surface area contributed by atoms with Gasteiger partial charge in [-0.1, -0.05) is 6.07 Å². The number of carbonyl (C=O) groups excluding carboxylic acids is 1. The molecule has 2 aromatic rings. The molecule has 2 heterocycles. The topological polar surface area (TPSA) is 106 Å². The molecule has 21 heavy (non-hydrogen) atoms. The van der Waals surface area contributed by atoms with Crippen LogP contribution in [0.2, 0.25) is 0 Å². The first-order chi connectivity index (χ1) is 9.97. The van der Waals surface area contributed by atoms with Crippen LogP contribution in [0.4, 0.5) is 0 Å². The van der Waals surface area contributed by atoms with Crippen LogP contribution in [-0.2, 0) is 11.2 Å². The van der Waals surface area contributed by atoms with Gasteiger partial charge in [-0.3, -0.25) is 14.8 Å². The molecule has 0 saturated carbocycles. The number of hydrogen-bond donors (Lipinski definition) is 2. The van der Waals surface area contributed by atoms with Crippen LogP contribution in [0.15, 0.2) is 36.8 Å². The quantitative estimate of drug-likeness (QED) is 0.859. The highest BCUT2D eigenvalue weighted by Crippen LogP contribution is 2.13. The molecule has 2 aromatic heterocycles. The Labute approximate surface area is 121 Å². The molecule has 0 amide bonds. The number of carbonyl (C=O) groups is 2. The van der Waals surface area contributed by atoms with E-state index in [1.165, 1.54) is 13.1 Å². The summed E-state index contributed by atoms with van der Waals surface area (Å²) in [5.74, 6) is -1.15. The molecular formula is C15H15N3O3. The van der Waals surface area contributed by atoms with Gasteiger partial charge < -0.3 is 10.8 Å². The summed E-state index contributed by atoms with van der Waals surface area (Å²) in [6, 6.07) is 4.38. The van der Waals surface area contributed by atoms with Crippen LogP contribution in [0.3, 0.4) is 0 Å². The van der Waals surface area contributed by atoms with Crippen molar-refractivity contribution >= 4 is 11.8 Å². The maximum atomic E-state index is 11.2. The van der Waals surface area contributed by atoms with E-state index < -0.39 is 12.0 Å². The summed E-state index contributed by atoms with van der Waals surface area (Å²) in [6.07, 6.45) is 5.06. The Morgan fingerprint density at radius 1 is 1.24 bits per heavy atom. The molecule has 0 aliphatic carbocycles. The number of hydrogen-bond acceptors (Lipinski definition) is 5. The number of rotatable bonds is 5.